The Labute approximate surface area is 157 Å². The molecule has 0 aliphatic carbocycles. The summed E-state index contributed by atoms with van der Waals surface area (Å²) in [5, 5.41) is 11.9. The standard InChI is InChI=1S/C19H14F3N5O/c20-19(21,22)13-6-7-14(16(10-13)28-11-12-4-2-1-3-5-12)17-15-8-9-24-27(15)18(23)26-25-17/h1-10H,11H2,(H2,23,26). The van der Waals surface area contributed by atoms with Gasteiger partial charge in [0.1, 0.15) is 18.1 Å². The van der Waals surface area contributed by atoms with Crippen LogP contribution >= 0.6 is 0 Å². The number of aromatic nitrogens is 4. The molecule has 6 nitrogen and oxygen atoms in total. The van der Waals surface area contributed by atoms with Gasteiger partial charge in [-0.3, -0.25) is 0 Å². The summed E-state index contributed by atoms with van der Waals surface area (Å²) in [7, 11) is 0. The van der Waals surface area contributed by atoms with Gasteiger partial charge in [0.05, 0.1) is 17.3 Å². The van der Waals surface area contributed by atoms with Crippen LogP contribution in [0.2, 0.25) is 0 Å². The summed E-state index contributed by atoms with van der Waals surface area (Å²) in [6, 6.07) is 14.1. The third-order valence-electron chi connectivity index (χ3n) is 4.16. The molecular formula is C19H14F3N5O. The van der Waals surface area contributed by atoms with Crippen LogP contribution in [-0.4, -0.2) is 19.8 Å². The van der Waals surface area contributed by atoms with E-state index in [-0.39, 0.29) is 18.3 Å². The Morgan fingerprint density at radius 2 is 1.79 bits per heavy atom. The smallest absolute Gasteiger partial charge is 0.416 e. The van der Waals surface area contributed by atoms with Crippen LogP contribution in [0.5, 0.6) is 5.75 Å². The van der Waals surface area contributed by atoms with Gasteiger partial charge < -0.3 is 10.5 Å². The van der Waals surface area contributed by atoms with E-state index < -0.39 is 11.7 Å². The SMILES string of the molecule is Nc1nnc(-c2ccc(C(F)(F)F)cc2OCc2ccccc2)c2ccnn12. The highest BCUT2D eigenvalue weighted by Gasteiger charge is 2.32. The topological polar surface area (TPSA) is 78.3 Å². The third kappa shape index (κ3) is 3.34. The highest BCUT2D eigenvalue weighted by atomic mass is 19.4. The quantitative estimate of drug-likeness (QED) is 0.575. The molecule has 0 aliphatic rings. The molecule has 4 aromatic rings. The Bertz CT molecular complexity index is 1130. The monoisotopic (exact) mass is 385 g/mol. The maximum Gasteiger partial charge on any atom is 0.416 e. The number of nitrogens with two attached hydrogens (primary N) is 1. The van der Waals surface area contributed by atoms with Crippen molar-refractivity contribution in [3.05, 3.63) is 71.9 Å². The Morgan fingerprint density at radius 1 is 1.00 bits per heavy atom. The second-order valence-electron chi connectivity index (χ2n) is 6.02. The van der Waals surface area contributed by atoms with E-state index in [4.69, 9.17) is 10.5 Å². The first-order chi connectivity index (χ1) is 13.4. The van der Waals surface area contributed by atoms with Gasteiger partial charge in [-0.15, -0.1) is 10.2 Å². The summed E-state index contributed by atoms with van der Waals surface area (Å²) in [5.41, 5.74) is 6.96. The zero-order valence-electron chi connectivity index (χ0n) is 14.4. The number of ether oxygens (including phenoxy) is 1. The van der Waals surface area contributed by atoms with Crippen LogP contribution < -0.4 is 10.5 Å². The fourth-order valence-electron chi connectivity index (χ4n) is 2.80. The molecule has 0 amide bonds. The van der Waals surface area contributed by atoms with Crippen molar-refractivity contribution in [1.82, 2.24) is 19.8 Å². The molecule has 142 valence electrons. The summed E-state index contributed by atoms with van der Waals surface area (Å²) in [6.07, 6.45) is -2.99. The maximum atomic E-state index is 13.2. The van der Waals surface area contributed by atoms with Gasteiger partial charge in [0.25, 0.3) is 0 Å². The Kier molecular flexibility index (Phi) is 4.34. The fraction of sp³-hybridized carbons (Fsp3) is 0.105. The van der Waals surface area contributed by atoms with Crippen LogP contribution in [0.4, 0.5) is 19.1 Å². The number of hydrogen-bond acceptors (Lipinski definition) is 5. The number of anilines is 1. The van der Waals surface area contributed by atoms with Crippen molar-refractivity contribution in [2.24, 2.45) is 0 Å². The molecule has 2 N–H and O–H groups in total. The molecule has 0 aliphatic heterocycles. The van der Waals surface area contributed by atoms with E-state index in [2.05, 4.69) is 15.3 Å². The lowest BCUT2D eigenvalue weighted by Crippen LogP contribution is -2.08. The highest BCUT2D eigenvalue weighted by Crippen LogP contribution is 2.38. The van der Waals surface area contributed by atoms with Crippen LogP contribution in [0.15, 0.2) is 60.8 Å². The van der Waals surface area contributed by atoms with Crippen molar-refractivity contribution in [2.45, 2.75) is 12.8 Å². The molecule has 4 rings (SSSR count). The fourth-order valence-corrected chi connectivity index (χ4v) is 2.80. The number of alkyl halides is 3. The second kappa shape index (κ2) is 6.84. The number of rotatable bonds is 4. The molecule has 2 heterocycles. The first-order valence-corrected chi connectivity index (χ1v) is 8.28. The van der Waals surface area contributed by atoms with Crippen LogP contribution in [0.3, 0.4) is 0 Å². The summed E-state index contributed by atoms with van der Waals surface area (Å²) in [4.78, 5) is 0. The van der Waals surface area contributed by atoms with E-state index in [0.29, 0.717) is 16.8 Å². The molecule has 2 aromatic heterocycles. The van der Waals surface area contributed by atoms with Gasteiger partial charge in [-0.1, -0.05) is 30.3 Å². The van der Waals surface area contributed by atoms with Crippen molar-refractivity contribution < 1.29 is 17.9 Å². The van der Waals surface area contributed by atoms with Gasteiger partial charge >= 0.3 is 6.18 Å². The van der Waals surface area contributed by atoms with Crippen LogP contribution in [0.25, 0.3) is 16.8 Å². The molecule has 9 heteroatoms. The number of nitrogens with zero attached hydrogens (tertiary/aromatic N) is 4. The highest BCUT2D eigenvalue weighted by molar-refractivity contribution is 5.81. The molecule has 2 aromatic carbocycles. The first-order valence-electron chi connectivity index (χ1n) is 8.28. The Balaban J connectivity index is 1.81. The van der Waals surface area contributed by atoms with Crippen LogP contribution in [-0.2, 0) is 12.8 Å². The van der Waals surface area contributed by atoms with Crippen molar-refractivity contribution in [3.8, 4) is 17.0 Å². The number of fused-ring (bicyclic) bond motifs is 1. The van der Waals surface area contributed by atoms with Gasteiger partial charge in [-0.05, 0) is 29.8 Å². The van der Waals surface area contributed by atoms with E-state index in [1.54, 1.807) is 6.07 Å². The van der Waals surface area contributed by atoms with E-state index >= 15 is 0 Å². The summed E-state index contributed by atoms with van der Waals surface area (Å²) in [5.74, 6) is 0.114. The minimum absolute atomic E-state index is 0.0425. The molecule has 0 bridgehead atoms. The molecule has 0 saturated heterocycles. The summed E-state index contributed by atoms with van der Waals surface area (Å²) in [6.45, 7) is 0.104. The maximum absolute atomic E-state index is 13.2. The average Bonchev–Trinajstić information content (AvgIpc) is 3.18. The number of hydrogen-bond donors (Lipinski definition) is 1. The van der Waals surface area contributed by atoms with Gasteiger partial charge in [-0.2, -0.15) is 22.8 Å². The Hall–Kier alpha value is -3.62. The van der Waals surface area contributed by atoms with Gasteiger partial charge in [-0.25, -0.2) is 0 Å². The van der Waals surface area contributed by atoms with Gasteiger partial charge in [0.2, 0.25) is 5.95 Å². The van der Waals surface area contributed by atoms with Crippen LogP contribution in [0.1, 0.15) is 11.1 Å². The number of halogens is 3. The minimum atomic E-state index is -4.50. The molecule has 0 saturated carbocycles. The van der Waals surface area contributed by atoms with Gasteiger partial charge in [0, 0.05) is 5.56 Å². The van der Waals surface area contributed by atoms with Crippen molar-refractivity contribution >= 4 is 11.5 Å². The lowest BCUT2D eigenvalue weighted by molar-refractivity contribution is -0.137. The van der Waals surface area contributed by atoms with Gasteiger partial charge in [0.15, 0.2) is 0 Å². The molecule has 28 heavy (non-hydrogen) atoms. The lowest BCUT2D eigenvalue weighted by atomic mass is 10.1. The van der Waals surface area contributed by atoms with E-state index in [1.807, 2.05) is 30.3 Å². The lowest BCUT2D eigenvalue weighted by Gasteiger charge is -2.15. The Morgan fingerprint density at radius 3 is 2.54 bits per heavy atom. The third-order valence-corrected chi connectivity index (χ3v) is 4.16. The number of benzene rings is 2. The molecule has 0 radical (unpaired) electrons. The molecule has 0 spiro atoms. The average molecular weight is 385 g/mol. The second-order valence-corrected chi connectivity index (χ2v) is 6.02. The summed E-state index contributed by atoms with van der Waals surface area (Å²) >= 11 is 0. The van der Waals surface area contributed by atoms with E-state index in [0.717, 1.165) is 17.7 Å². The number of nitrogen functional groups attached to an aromatic ring is 1. The largest absolute Gasteiger partial charge is 0.488 e. The van der Waals surface area contributed by atoms with Crippen LogP contribution in [0, 0.1) is 0 Å². The van der Waals surface area contributed by atoms with Crippen molar-refractivity contribution in [3.63, 3.8) is 0 Å². The van der Waals surface area contributed by atoms with E-state index in [9.17, 15) is 13.2 Å². The normalized spacial score (nSPS) is 11.7. The molecular weight excluding hydrogens is 371 g/mol. The molecule has 0 unspecified atom stereocenters. The molecule has 0 fully saturated rings. The minimum Gasteiger partial charge on any atom is -0.488 e. The predicted octanol–water partition coefficient (Wildman–Crippen LogP) is 3.97. The van der Waals surface area contributed by atoms with Crippen molar-refractivity contribution in [2.75, 3.05) is 5.73 Å². The first kappa shape index (κ1) is 17.8. The zero-order chi connectivity index (χ0) is 19.7. The zero-order valence-corrected chi connectivity index (χ0v) is 14.4. The molecule has 0 atom stereocenters. The van der Waals surface area contributed by atoms with E-state index in [1.165, 1.54) is 16.8 Å². The van der Waals surface area contributed by atoms with Crippen molar-refractivity contribution in [1.29, 1.82) is 0 Å². The predicted molar refractivity (Wildman–Crippen MR) is 96.4 cm³/mol. The summed E-state index contributed by atoms with van der Waals surface area (Å²) < 4.78 is 46.7.